The summed E-state index contributed by atoms with van der Waals surface area (Å²) in [5.41, 5.74) is 0.941. The Labute approximate surface area is 177 Å². The fraction of sp³-hybridized carbons (Fsp3) is 0.208. The molecule has 4 nitrogen and oxygen atoms in total. The van der Waals surface area contributed by atoms with Crippen molar-refractivity contribution in [3.63, 3.8) is 0 Å². The molecule has 0 spiro atoms. The molecule has 0 radical (unpaired) electrons. The van der Waals surface area contributed by atoms with Crippen LogP contribution in [0.5, 0.6) is 17.2 Å². The van der Waals surface area contributed by atoms with Crippen LogP contribution in [0.1, 0.15) is 23.1 Å². The summed E-state index contributed by atoms with van der Waals surface area (Å²) in [7, 11) is 0. The van der Waals surface area contributed by atoms with E-state index in [0.29, 0.717) is 36.7 Å². The molecule has 0 heterocycles. The smallest absolute Gasteiger partial charge is 0.416 e. The first-order valence-electron chi connectivity index (χ1n) is 9.67. The second-order valence-corrected chi connectivity index (χ2v) is 6.91. The second-order valence-electron chi connectivity index (χ2n) is 6.91. The van der Waals surface area contributed by atoms with Crippen LogP contribution in [0.2, 0.25) is 0 Å². The average Bonchev–Trinajstić information content (AvgIpc) is 2.73. The number of carboxylic acids is 1. The molecule has 0 aliphatic heterocycles. The van der Waals surface area contributed by atoms with Crippen LogP contribution in [0.4, 0.5) is 13.2 Å². The van der Waals surface area contributed by atoms with Crippen molar-refractivity contribution in [2.24, 2.45) is 0 Å². The van der Waals surface area contributed by atoms with E-state index in [1.165, 1.54) is 12.1 Å². The van der Waals surface area contributed by atoms with Crippen LogP contribution in [0.15, 0.2) is 72.8 Å². The average molecular weight is 430 g/mol. The van der Waals surface area contributed by atoms with Crippen molar-refractivity contribution in [2.45, 2.75) is 25.4 Å². The third kappa shape index (κ3) is 7.06. The first-order valence-corrected chi connectivity index (χ1v) is 9.67. The SMILES string of the molecule is O=C(O)CCc1cccc(Oc2cccc(OCCc3ccc(C(F)(F)F)cc3)c2)c1. The quantitative estimate of drug-likeness (QED) is 0.443. The minimum absolute atomic E-state index is 0.0473. The van der Waals surface area contributed by atoms with Gasteiger partial charge in [-0.3, -0.25) is 4.79 Å². The number of alkyl halides is 3. The van der Waals surface area contributed by atoms with Gasteiger partial charge >= 0.3 is 12.1 Å². The molecular weight excluding hydrogens is 409 g/mol. The highest BCUT2D eigenvalue weighted by molar-refractivity contribution is 5.67. The van der Waals surface area contributed by atoms with Gasteiger partial charge in [0.1, 0.15) is 17.2 Å². The van der Waals surface area contributed by atoms with Gasteiger partial charge in [0.05, 0.1) is 12.2 Å². The Morgan fingerprint density at radius 1 is 0.806 bits per heavy atom. The van der Waals surface area contributed by atoms with Gasteiger partial charge in [-0.2, -0.15) is 13.2 Å². The van der Waals surface area contributed by atoms with Crippen LogP contribution in [-0.2, 0) is 23.8 Å². The lowest BCUT2D eigenvalue weighted by molar-refractivity contribution is -0.138. The zero-order valence-electron chi connectivity index (χ0n) is 16.6. The molecule has 3 aromatic rings. The monoisotopic (exact) mass is 430 g/mol. The van der Waals surface area contributed by atoms with E-state index in [0.717, 1.165) is 23.3 Å². The number of ether oxygens (including phenoxy) is 2. The molecule has 1 N–H and O–H groups in total. The van der Waals surface area contributed by atoms with Crippen molar-refractivity contribution in [2.75, 3.05) is 6.61 Å². The summed E-state index contributed by atoms with van der Waals surface area (Å²) in [5, 5.41) is 8.81. The van der Waals surface area contributed by atoms with Crippen LogP contribution < -0.4 is 9.47 Å². The van der Waals surface area contributed by atoms with E-state index < -0.39 is 17.7 Å². The third-order valence-corrected chi connectivity index (χ3v) is 4.51. The largest absolute Gasteiger partial charge is 0.493 e. The van der Waals surface area contributed by atoms with Gasteiger partial charge < -0.3 is 14.6 Å². The van der Waals surface area contributed by atoms with Crippen LogP contribution in [-0.4, -0.2) is 17.7 Å². The summed E-state index contributed by atoms with van der Waals surface area (Å²) in [4.78, 5) is 10.7. The van der Waals surface area contributed by atoms with Crippen LogP contribution in [0.3, 0.4) is 0 Å². The summed E-state index contributed by atoms with van der Waals surface area (Å²) in [6.07, 6.45) is -3.41. The Hall–Kier alpha value is -3.48. The molecule has 0 atom stereocenters. The number of hydrogen-bond acceptors (Lipinski definition) is 3. The van der Waals surface area contributed by atoms with Crippen molar-refractivity contribution < 1.29 is 32.5 Å². The molecule has 31 heavy (non-hydrogen) atoms. The number of benzene rings is 3. The van der Waals surface area contributed by atoms with Gasteiger partial charge in [-0.15, -0.1) is 0 Å². The van der Waals surface area contributed by atoms with Crippen molar-refractivity contribution in [1.29, 1.82) is 0 Å². The molecule has 3 aromatic carbocycles. The first kappa shape index (κ1) is 22.2. The summed E-state index contributed by atoms with van der Waals surface area (Å²) < 4.78 is 49.4. The Morgan fingerprint density at radius 2 is 1.45 bits per heavy atom. The Balaban J connectivity index is 1.54. The molecule has 0 amide bonds. The Kier molecular flexibility index (Phi) is 7.18. The Bertz CT molecular complexity index is 1010. The van der Waals surface area contributed by atoms with E-state index in [4.69, 9.17) is 14.6 Å². The fourth-order valence-corrected chi connectivity index (χ4v) is 2.93. The topological polar surface area (TPSA) is 55.8 Å². The lowest BCUT2D eigenvalue weighted by Gasteiger charge is -2.11. The number of hydrogen-bond donors (Lipinski definition) is 1. The highest BCUT2D eigenvalue weighted by atomic mass is 19.4. The molecule has 3 rings (SSSR count). The molecule has 7 heteroatoms. The molecule has 0 bridgehead atoms. The standard InChI is InChI=1S/C24H21F3O4/c25-24(26,27)19-10-7-17(8-11-19)13-14-30-20-4-2-6-22(16-20)31-21-5-1-3-18(15-21)9-12-23(28)29/h1-8,10-11,15-16H,9,12-14H2,(H,28,29). The normalized spacial score (nSPS) is 11.2. The maximum atomic E-state index is 12.6. The number of aryl methyl sites for hydroxylation is 1. The van der Waals surface area contributed by atoms with E-state index in [-0.39, 0.29) is 6.42 Å². The van der Waals surface area contributed by atoms with Gasteiger partial charge in [0.2, 0.25) is 0 Å². The highest BCUT2D eigenvalue weighted by Crippen LogP contribution is 2.29. The van der Waals surface area contributed by atoms with Gasteiger partial charge in [-0.05, 0) is 53.9 Å². The minimum atomic E-state index is -4.34. The molecule has 0 unspecified atom stereocenters. The predicted octanol–water partition coefficient (Wildman–Crippen LogP) is 6.14. The lowest BCUT2D eigenvalue weighted by Crippen LogP contribution is -2.05. The molecular formula is C24H21F3O4. The van der Waals surface area contributed by atoms with Crippen molar-refractivity contribution in [3.05, 3.63) is 89.5 Å². The summed E-state index contributed by atoms with van der Waals surface area (Å²) in [6, 6.07) is 19.3. The minimum Gasteiger partial charge on any atom is -0.493 e. The van der Waals surface area contributed by atoms with E-state index in [1.54, 1.807) is 42.5 Å². The number of halogens is 3. The summed E-state index contributed by atoms with van der Waals surface area (Å²) >= 11 is 0. The molecule has 0 aliphatic rings. The number of carbonyl (C=O) groups is 1. The van der Waals surface area contributed by atoms with E-state index in [9.17, 15) is 18.0 Å². The molecule has 0 aromatic heterocycles. The first-order chi connectivity index (χ1) is 14.8. The molecule has 0 fully saturated rings. The van der Waals surface area contributed by atoms with Gasteiger partial charge in [-0.25, -0.2) is 0 Å². The lowest BCUT2D eigenvalue weighted by atomic mass is 10.1. The fourth-order valence-electron chi connectivity index (χ4n) is 2.93. The Morgan fingerprint density at radius 3 is 2.13 bits per heavy atom. The molecule has 0 aliphatic carbocycles. The number of rotatable bonds is 9. The predicted molar refractivity (Wildman–Crippen MR) is 110 cm³/mol. The van der Waals surface area contributed by atoms with Gasteiger partial charge in [0.25, 0.3) is 0 Å². The van der Waals surface area contributed by atoms with E-state index in [2.05, 4.69) is 0 Å². The molecule has 162 valence electrons. The zero-order chi connectivity index (χ0) is 22.3. The number of aliphatic carboxylic acids is 1. The van der Waals surface area contributed by atoms with Gasteiger partial charge in [0, 0.05) is 18.9 Å². The van der Waals surface area contributed by atoms with Crippen LogP contribution in [0, 0.1) is 0 Å². The third-order valence-electron chi connectivity index (χ3n) is 4.51. The number of carboxylic acid groups (broad SMARTS) is 1. The summed E-state index contributed by atoms with van der Waals surface area (Å²) in [5.74, 6) is 0.867. The van der Waals surface area contributed by atoms with Gasteiger partial charge in [-0.1, -0.05) is 30.3 Å². The van der Waals surface area contributed by atoms with Crippen LogP contribution in [0.25, 0.3) is 0 Å². The van der Waals surface area contributed by atoms with E-state index >= 15 is 0 Å². The summed E-state index contributed by atoms with van der Waals surface area (Å²) in [6.45, 7) is 0.305. The van der Waals surface area contributed by atoms with Gasteiger partial charge in [0.15, 0.2) is 0 Å². The maximum Gasteiger partial charge on any atom is 0.416 e. The van der Waals surface area contributed by atoms with Crippen molar-refractivity contribution in [1.82, 2.24) is 0 Å². The molecule has 0 saturated carbocycles. The van der Waals surface area contributed by atoms with Crippen LogP contribution >= 0.6 is 0 Å². The van der Waals surface area contributed by atoms with Crippen molar-refractivity contribution in [3.8, 4) is 17.2 Å². The highest BCUT2D eigenvalue weighted by Gasteiger charge is 2.29. The maximum absolute atomic E-state index is 12.6. The second kappa shape index (κ2) is 10.0. The van der Waals surface area contributed by atoms with Crippen molar-refractivity contribution >= 4 is 5.97 Å². The van der Waals surface area contributed by atoms with E-state index in [1.807, 2.05) is 6.07 Å². The zero-order valence-corrected chi connectivity index (χ0v) is 16.6. The molecule has 0 saturated heterocycles.